The van der Waals surface area contributed by atoms with Gasteiger partial charge in [-0.05, 0) is 38.0 Å². The van der Waals surface area contributed by atoms with Crippen LogP contribution in [0.2, 0.25) is 0 Å². The number of nitrogens with one attached hydrogen (secondary N) is 1. The van der Waals surface area contributed by atoms with Gasteiger partial charge in [-0.2, -0.15) is 5.10 Å². The number of aromatic amines is 1. The molecule has 8 nitrogen and oxygen atoms in total. The van der Waals surface area contributed by atoms with Crippen LogP contribution in [-0.4, -0.2) is 60.9 Å². The second kappa shape index (κ2) is 8.77. The first kappa shape index (κ1) is 19.7. The minimum Gasteiger partial charge on any atom is -0.497 e. The van der Waals surface area contributed by atoms with Crippen LogP contribution in [0.5, 0.6) is 11.5 Å². The van der Waals surface area contributed by atoms with Crippen molar-refractivity contribution in [2.75, 3.05) is 33.9 Å². The summed E-state index contributed by atoms with van der Waals surface area (Å²) in [6.45, 7) is 3.09. The average Bonchev–Trinajstić information content (AvgIpc) is 3.23. The Morgan fingerprint density at radius 2 is 2.07 bits per heavy atom. The molecule has 1 atom stereocenters. The van der Waals surface area contributed by atoms with Crippen molar-refractivity contribution in [1.29, 1.82) is 0 Å². The van der Waals surface area contributed by atoms with Crippen molar-refractivity contribution in [2.45, 2.75) is 19.8 Å². The predicted octanol–water partition coefficient (Wildman–Crippen LogP) is 2.51. The first-order valence-corrected chi connectivity index (χ1v) is 9.31. The Morgan fingerprint density at radius 1 is 1.25 bits per heavy atom. The fraction of sp³-hybridized carbons (Fsp3) is 0.450. The van der Waals surface area contributed by atoms with Gasteiger partial charge >= 0.3 is 5.97 Å². The summed E-state index contributed by atoms with van der Waals surface area (Å²) in [5.41, 5.74) is 1.72. The summed E-state index contributed by atoms with van der Waals surface area (Å²) in [7, 11) is 3.15. The summed E-state index contributed by atoms with van der Waals surface area (Å²) in [6, 6.07) is 7.10. The Hall–Kier alpha value is -3.03. The van der Waals surface area contributed by atoms with E-state index in [4.69, 9.17) is 14.2 Å². The van der Waals surface area contributed by atoms with Crippen molar-refractivity contribution in [3.8, 4) is 22.8 Å². The fourth-order valence-corrected chi connectivity index (χ4v) is 3.36. The number of likely N-dealkylation sites (tertiary alicyclic amines) is 1. The molecule has 1 aliphatic rings. The van der Waals surface area contributed by atoms with Crippen LogP contribution in [0, 0.1) is 5.92 Å². The molecule has 0 bridgehead atoms. The van der Waals surface area contributed by atoms with Crippen LogP contribution < -0.4 is 9.47 Å². The van der Waals surface area contributed by atoms with Crippen LogP contribution in [0.4, 0.5) is 0 Å². The van der Waals surface area contributed by atoms with Gasteiger partial charge in [-0.3, -0.25) is 14.7 Å². The third-order valence-electron chi connectivity index (χ3n) is 4.82. The molecular formula is C20H25N3O5. The Labute approximate surface area is 163 Å². The van der Waals surface area contributed by atoms with Gasteiger partial charge in [-0.25, -0.2) is 0 Å². The topological polar surface area (TPSA) is 93.8 Å². The van der Waals surface area contributed by atoms with Gasteiger partial charge < -0.3 is 19.1 Å². The first-order chi connectivity index (χ1) is 13.6. The molecule has 1 amide bonds. The van der Waals surface area contributed by atoms with E-state index in [-0.39, 0.29) is 17.8 Å². The lowest BCUT2D eigenvalue weighted by atomic mass is 9.98. The molecule has 1 fully saturated rings. The smallest absolute Gasteiger partial charge is 0.310 e. The number of H-pyrrole nitrogens is 1. The molecule has 1 N–H and O–H groups in total. The van der Waals surface area contributed by atoms with E-state index in [1.165, 1.54) is 0 Å². The lowest BCUT2D eigenvalue weighted by Crippen LogP contribution is -2.43. The van der Waals surface area contributed by atoms with Crippen LogP contribution in [0.25, 0.3) is 11.3 Å². The van der Waals surface area contributed by atoms with Gasteiger partial charge in [-0.1, -0.05) is 0 Å². The van der Waals surface area contributed by atoms with Crippen molar-refractivity contribution in [3.05, 3.63) is 30.0 Å². The van der Waals surface area contributed by atoms with Crippen LogP contribution >= 0.6 is 0 Å². The molecule has 1 aromatic heterocycles. The summed E-state index contributed by atoms with van der Waals surface area (Å²) in [5.74, 6) is 0.575. The normalized spacial score (nSPS) is 16.5. The second-order valence-corrected chi connectivity index (χ2v) is 6.58. The lowest BCUT2D eigenvalue weighted by Gasteiger charge is -2.31. The number of hydrogen-bond donors (Lipinski definition) is 1. The van der Waals surface area contributed by atoms with Crippen LogP contribution in [0.3, 0.4) is 0 Å². The minimum absolute atomic E-state index is 0.180. The van der Waals surface area contributed by atoms with E-state index in [2.05, 4.69) is 10.2 Å². The summed E-state index contributed by atoms with van der Waals surface area (Å²) < 4.78 is 15.7. The number of amides is 1. The predicted molar refractivity (Wildman–Crippen MR) is 102 cm³/mol. The molecule has 3 rings (SSSR count). The molecule has 1 aliphatic heterocycles. The van der Waals surface area contributed by atoms with Crippen LogP contribution in [-0.2, 0) is 9.53 Å². The number of methoxy groups -OCH3 is 2. The van der Waals surface area contributed by atoms with Gasteiger partial charge in [0.2, 0.25) is 0 Å². The molecule has 2 aromatic rings. The van der Waals surface area contributed by atoms with E-state index >= 15 is 0 Å². The zero-order valence-corrected chi connectivity index (χ0v) is 16.4. The Bertz CT molecular complexity index is 848. The van der Waals surface area contributed by atoms with Gasteiger partial charge in [0.05, 0.1) is 32.4 Å². The Balaban J connectivity index is 1.76. The van der Waals surface area contributed by atoms with Gasteiger partial charge in [-0.15, -0.1) is 0 Å². The zero-order valence-electron chi connectivity index (χ0n) is 16.4. The number of esters is 1. The summed E-state index contributed by atoms with van der Waals surface area (Å²) in [5, 5.41) is 7.07. The number of rotatable bonds is 6. The number of piperidine rings is 1. The molecule has 1 aromatic carbocycles. The molecule has 28 heavy (non-hydrogen) atoms. The van der Waals surface area contributed by atoms with Gasteiger partial charge in [0.15, 0.2) is 0 Å². The summed E-state index contributed by atoms with van der Waals surface area (Å²) in [6.07, 6.45) is 1.50. The number of ether oxygens (including phenoxy) is 3. The highest BCUT2D eigenvalue weighted by Gasteiger charge is 2.30. The SMILES string of the molecule is CCOC(=O)C1CCCN(C(=O)c2cc(-c3ccc(OC)cc3OC)n[nH]2)C1. The second-order valence-electron chi connectivity index (χ2n) is 6.58. The fourth-order valence-electron chi connectivity index (χ4n) is 3.36. The van der Waals surface area contributed by atoms with E-state index in [1.54, 1.807) is 38.2 Å². The molecule has 1 unspecified atom stereocenters. The Morgan fingerprint density at radius 3 is 2.79 bits per heavy atom. The monoisotopic (exact) mass is 387 g/mol. The highest BCUT2D eigenvalue weighted by atomic mass is 16.5. The third-order valence-corrected chi connectivity index (χ3v) is 4.82. The maximum absolute atomic E-state index is 12.9. The molecule has 0 saturated carbocycles. The van der Waals surface area contributed by atoms with Crippen LogP contribution in [0.15, 0.2) is 24.3 Å². The lowest BCUT2D eigenvalue weighted by molar-refractivity contribution is -0.149. The van der Waals surface area contributed by atoms with Crippen molar-refractivity contribution in [1.82, 2.24) is 15.1 Å². The molecule has 0 aliphatic carbocycles. The molecule has 0 spiro atoms. The maximum atomic E-state index is 12.9. The highest BCUT2D eigenvalue weighted by molar-refractivity contribution is 5.94. The maximum Gasteiger partial charge on any atom is 0.310 e. The molecule has 0 radical (unpaired) electrons. The quantitative estimate of drug-likeness (QED) is 0.766. The summed E-state index contributed by atoms with van der Waals surface area (Å²) in [4.78, 5) is 26.6. The molecule has 2 heterocycles. The van der Waals surface area contributed by atoms with Gasteiger partial charge in [0.25, 0.3) is 5.91 Å². The number of carbonyl (C=O) groups is 2. The zero-order chi connectivity index (χ0) is 20.1. The summed E-state index contributed by atoms with van der Waals surface area (Å²) >= 11 is 0. The van der Waals surface area contributed by atoms with Crippen molar-refractivity contribution in [2.24, 2.45) is 5.92 Å². The van der Waals surface area contributed by atoms with E-state index in [9.17, 15) is 9.59 Å². The van der Waals surface area contributed by atoms with Gasteiger partial charge in [0, 0.05) is 24.7 Å². The van der Waals surface area contributed by atoms with E-state index in [0.717, 1.165) is 18.4 Å². The number of hydrogen-bond acceptors (Lipinski definition) is 6. The van der Waals surface area contributed by atoms with E-state index < -0.39 is 0 Å². The van der Waals surface area contributed by atoms with Crippen molar-refractivity contribution >= 4 is 11.9 Å². The van der Waals surface area contributed by atoms with Gasteiger partial charge in [0.1, 0.15) is 17.2 Å². The standard InChI is InChI=1S/C20H25N3O5/c1-4-28-20(25)13-6-5-9-23(12-13)19(24)17-11-16(21-22-17)15-8-7-14(26-2)10-18(15)27-3/h7-8,10-11,13H,4-6,9,12H2,1-3H3,(H,21,22). The Kier molecular flexibility index (Phi) is 6.18. The van der Waals surface area contributed by atoms with E-state index in [0.29, 0.717) is 42.6 Å². The first-order valence-electron chi connectivity index (χ1n) is 9.31. The molecule has 150 valence electrons. The minimum atomic E-state index is -0.276. The van der Waals surface area contributed by atoms with Crippen LogP contribution in [0.1, 0.15) is 30.3 Å². The molecule has 1 saturated heterocycles. The van der Waals surface area contributed by atoms with E-state index in [1.807, 2.05) is 12.1 Å². The van der Waals surface area contributed by atoms with Crippen molar-refractivity contribution < 1.29 is 23.8 Å². The average molecular weight is 387 g/mol. The number of benzene rings is 1. The highest BCUT2D eigenvalue weighted by Crippen LogP contribution is 2.32. The largest absolute Gasteiger partial charge is 0.497 e. The van der Waals surface area contributed by atoms with Crippen molar-refractivity contribution in [3.63, 3.8) is 0 Å². The molecule has 8 heteroatoms. The third kappa shape index (κ3) is 4.11. The number of nitrogens with zero attached hydrogens (tertiary/aromatic N) is 2. The number of carbonyl (C=O) groups excluding carboxylic acids is 2. The number of aromatic nitrogens is 2. The molecular weight excluding hydrogens is 362 g/mol.